The van der Waals surface area contributed by atoms with Crippen LogP contribution >= 0.6 is 24.8 Å². The van der Waals surface area contributed by atoms with Crippen molar-refractivity contribution in [1.82, 2.24) is 4.66 Å². The Morgan fingerprint density at radius 3 is 2.20 bits per heavy atom. The summed E-state index contributed by atoms with van der Waals surface area (Å²) >= 11 is 0. The summed E-state index contributed by atoms with van der Waals surface area (Å²) in [7, 11) is -12.5. The molecule has 0 N–H and O–H groups in total. The average Bonchev–Trinajstić information content (AvgIpc) is 2.37. The minimum Gasteiger partial charge on any atom is -0.314 e. The van der Waals surface area contributed by atoms with Gasteiger partial charge < -0.3 is 4.52 Å². The van der Waals surface area contributed by atoms with Crippen molar-refractivity contribution in [2.45, 2.75) is 20.0 Å². The van der Waals surface area contributed by atoms with Crippen molar-refractivity contribution >= 4 is 30.1 Å². The fraction of sp³-hybridized carbons (Fsp3) is 0.333. The van der Waals surface area contributed by atoms with Crippen molar-refractivity contribution in [1.29, 1.82) is 0 Å². The van der Waals surface area contributed by atoms with Crippen LogP contribution in [-0.4, -0.2) is 10.8 Å². The zero-order valence-electron chi connectivity index (χ0n) is 10.5. The summed E-state index contributed by atoms with van der Waals surface area (Å²) in [6.45, 7) is 2.97. The Labute approximate surface area is 116 Å². The summed E-state index contributed by atoms with van der Waals surface area (Å²) < 4.78 is 71.6. The summed E-state index contributed by atoms with van der Waals surface area (Å²) in [6, 6.07) is 7.10. The zero-order chi connectivity index (χ0) is 15.3. The number of hydrogen-bond acceptors (Lipinski definition) is 3. The SMILES string of the molecule is CC(C)OP(F)(=NP(F)N(F)P(F)F)c1ccccc1. The maximum absolute atomic E-state index is 14.7. The van der Waals surface area contributed by atoms with Crippen molar-refractivity contribution in [3.05, 3.63) is 30.3 Å². The van der Waals surface area contributed by atoms with Gasteiger partial charge in [-0.15, -0.1) is 4.48 Å². The molecule has 1 rings (SSSR count). The third-order valence-electron chi connectivity index (χ3n) is 1.87. The number of halogens is 5. The van der Waals surface area contributed by atoms with Crippen molar-refractivity contribution in [2.75, 3.05) is 0 Å². The van der Waals surface area contributed by atoms with Crippen LogP contribution in [0, 0.1) is 0 Å². The van der Waals surface area contributed by atoms with E-state index in [4.69, 9.17) is 4.52 Å². The third-order valence-corrected chi connectivity index (χ3v) is 6.39. The molecule has 20 heavy (non-hydrogen) atoms. The molecule has 0 aliphatic heterocycles. The lowest BCUT2D eigenvalue weighted by molar-refractivity contribution is 0.245. The Kier molecular flexibility index (Phi) is 6.96. The number of hydrogen-bond donors (Lipinski definition) is 0. The first-order valence-electron chi connectivity index (χ1n) is 5.35. The van der Waals surface area contributed by atoms with Crippen LogP contribution in [0.4, 0.5) is 21.3 Å². The van der Waals surface area contributed by atoms with Gasteiger partial charge in [-0.25, -0.2) is 0 Å². The van der Waals surface area contributed by atoms with Crippen molar-refractivity contribution in [3.63, 3.8) is 0 Å². The Morgan fingerprint density at radius 1 is 1.20 bits per heavy atom. The maximum atomic E-state index is 14.7. The first-order chi connectivity index (χ1) is 9.26. The van der Waals surface area contributed by atoms with Crippen LogP contribution in [-0.2, 0) is 4.52 Å². The second-order valence-corrected chi connectivity index (χ2v) is 8.15. The summed E-state index contributed by atoms with van der Waals surface area (Å²) in [5, 5.41) is -0.0886. The molecule has 0 bridgehead atoms. The first-order valence-corrected chi connectivity index (χ1v) is 9.12. The molecule has 0 aliphatic carbocycles. The monoisotopic (exact) mass is 352 g/mol. The Balaban J connectivity index is 3.18. The van der Waals surface area contributed by atoms with Crippen LogP contribution in [0.15, 0.2) is 34.8 Å². The molecular formula is C9H12F5N2OP3. The molecule has 114 valence electrons. The first kappa shape index (κ1) is 17.9. The van der Waals surface area contributed by atoms with E-state index in [2.05, 4.69) is 4.52 Å². The molecule has 0 spiro atoms. The lowest BCUT2D eigenvalue weighted by Crippen LogP contribution is -2.08. The van der Waals surface area contributed by atoms with Crippen molar-refractivity contribution in [2.24, 2.45) is 4.52 Å². The van der Waals surface area contributed by atoms with Crippen LogP contribution in [0.1, 0.15) is 13.8 Å². The fourth-order valence-electron chi connectivity index (χ4n) is 1.21. The quantitative estimate of drug-likeness (QED) is 0.342. The molecule has 11 heteroatoms. The molecule has 0 radical (unpaired) electrons. The Morgan fingerprint density at radius 2 is 1.75 bits per heavy atom. The van der Waals surface area contributed by atoms with Crippen LogP contribution < -0.4 is 5.30 Å². The predicted octanol–water partition coefficient (Wildman–Crippen LogP) is 6.29. The highest BCUT2D eigenvalue weighted by molar-refractivity contribution is 7.72. The van der Waals surface area contributed by atoms with Gasteiger partial charge in [-0.05, 0) is 26.0 Å². The van der Waals surface area contributed by atoms with Crippen molar-refractivity contribution in [3.8, 4) is 0 Å². The van der Waals surface area contributed by atoms with Gasteiger partial charge >= 0.3 is 17.2 Å². The Hall–Kier alpha value is -0.120. The topological polar surface area (TPSA) is 24.8 Å². The lowest BCUT2D eigenvalue weighted by Gasteiger charge is -2.20. The van der Waals surface area contributed by atoms with E-state index in [9.17, 15) is 21.3 Å². The normalized spacial score (nSPS) is 16.5. The minimum atomic E-state index is -4.35. The van der Waals surface area contributed by atoms with Gasteiger partial charge in [0.05, 0.1) is 6.10 Å². The molecule has 1 aromatic rings. The fourth-order valence-corrected chi connectivity index (χ4v) is 4.80. The zero-order valence-corrected chi connectivity index (χ0v) is 13.2. The summed E-state index contributed by atoms with van der Waals surface area (Å²) in [6.07, 6.45) is -0.661. The minimum absolute atomic E-state index is 0.0886. The number of rotatable bonds is 6. The van der Waals surface area contributed by atoms with Gasteiger partial charge in [-0.2, -0.15) is 21.3 Å². The molecule has 0 amide bonds. The van der Waals surface area contributed by atoms with Crippen LogP contribution in [0.25, 0.3) is 0 Å². The van der Waals surface area contributed by atoms with Crippen LogP contribution in [0.5, 0.6) is 0 Å². The molecule has 0 aliphatic rings. The predicted molar refractivity (Wildman–Crippen MR) is 72.9 cm³/mol. The standard InChI is InChI=1S/C9H12F5N2OP3/c1-8(2)17-20(14,9-6-4-3-5-7-9)15-19(13)16(10)18(11)12/h3-8H,1-2H3. The van der Waals surface area contributed by atoms with E-state index in [0.717, 1.165) is 0 Å². The average molecular weight is 352 g/mol. The van der Waals surface area contributed by atoms with Crippen LogP contribution in [0.2, 0.25) is 0 Å². The van der Waals surface area contributed by atoms with E-state index in [1.807, 2.05) is 0 Å². The van der Waals surface area contributed by atoms with Gasteiger partial charge in [0.1, 0.15) is 0 Å². The number of benzene rings is 1. The Bertz CT molecular complexity index is 476. The second kappa shape index (κ2) is 7.77. The van der Waals surface area contributed by atoms with E-state index in [1.165, 1.54) is 38.1 Å². The van der Waals surface area contributed by atoms with E-state index >= 15 is 0 Å². The van der Waals surface area contributed by atoms with Gasteiger partial charge in [0.2, 0.25) is 0 Å². The van der Waals surface area contributed by atoms with E-state index in [1.54, 1.807) is 6.07 Å². The molecule has 0 saturated carbocycles. The van der Waals surface area contributed by atoms with E-state index in [0.29, 0.717) is 0 Å². The molecular weight excluding hydrogens is 340 g/mol. The largest absolute Gasteiger partial charge is 0.381 e. The molecule has 2 unspecified atom stereocenters. The molecule has 0 heterocycles. The van der Waals surface area contributed by atoms with Crippen molar-refractivity contribution < 1.29 is 25.8 Å². The van der Waals surface area contributed by atoms with Gasteiger partial charge in [-0.3, -0.25) is 0 Å². The van der Waals surface area contributed by atoms with Gasteiger partial charge in [0.25, 0.3) is 7.59 Å². The van der Waals surface area contributed by atoms with Gasteiger partial charge in [0, 0.05) is 9.97 Å². The summed E-state index contributed by atoms with van der Waals surface area (Å²) in [5.74, 6) is 0. The second-order valence-electron chi connectivity index (χ2n) is 3.78. The molecule has 0 fully saturated rings. The highest BCUT2D eigenvalue weighted by atomic mass is 31.3. The van der Waals surface area contributed by atoms with Gasteiger partial charge in [0.15, 0.2) is 0 Å². The highest BCUT2D eigenvalue weighted by Gasteiger charge is 2.34. The lowest BCUT2D eigenvalue weighted by atomic mass is 10.4. The molecule has 1 aromatic carbocycles. The molecule has 0 aromatic heterocycles. The molecule has 0 saturated heterocycles. The van der Waals surface area contributed by atoms with Gasteiger partial charge in [-0.1, -0.05) is 18.2 Å². The highest BCUT2D eigenvalue weighted by Crippen LogP contribution is 2.67. The van der Waals surface area contributed by atoms with Crippen LogP contribution in [0.3, 0.4) is 0 Å². The molecule has 2 atom stereocenters. The summed E-state index contributed by atoms with van der Waals surface area (Å²) in [5.41, 5.74) is 0. The summed E-state index contributed by atoms with van der Waals surface area (Å²) in [4.78, 5) is 0. The van der Waals surface area contributed by atoms with E-state index in [-0.39, 0.29) is 5.30 Å². The maximum Gasteiger partial charge on any atom is 0.381 e. The van der Waals surface area contributed by atoms with E-state index < -0.39 is 35.6 Å². The number of nitrogens with zero attached hydrogens (tertiary/aromatic N) is 2. The smallest absolute Gasteiger partial charge is 0.314 e. The molecule has 3 nitrogen and oxygen atoms in total. The third kappa shape index (κ3) is 5.01.